The van der Waals surface area contributed by atoms with Gasteiger partial charge in [0.2, 0.25) is 0 Å². The zero-order chi connectivity index (χ0) is 13.9. The first-order valence-electron chi connectivity index (χ1n) is 7.61. The van der Waals surface area contributed by atoms with Gasteiger partial charge in [-0.15, -0.1) is 0 Å². The highest BCUT2D eigenvalue weighted by Gasteiger charge is 2.24. The molecule has 1 fully saturated rings. The maximum absolute atomic E-state index is 2.62. The molecule has 1 heteroatoms. The van der Waals surface area contributed by atoms with Gasteiger partial charge in [-0.1, -0.05) is 59.7 Å². The van der Waals surface area contributed by atoms with Crippen molar-refractivity contribution in [1.82, 2.24) is 4.90 Å². The molecule has 2 aromatic rings. The van der Waals surface area contributed by atoms with Crippen LogP contribution in [0.2, 0.25) is 0 Å². The third kappa shape index (κ3) is 2.78. The van der Waals surface area contributed by atoms with Gasteiger partial charge in [0.1, 0.15) is 0 Å². The molecule has 1 heterocycles. The lowest BCUT2D eigenvalue weighted by Gasteiger charge is -2.28. The van der Waals surface area contributed by atoms with E-state index in [-0.39, 0.29) is 0 Å². The first-order valence-corrected chi connectivity index (χ1v) is 7.61. The van der Waals surface area contributed by atoms with E-state index in [1.807, 2.05) is 0 Å². The normalized spacial score (nSPS) is 15.9. The van der Waals surface area contributed by atoms with E-state index in [2.05, 4.69) is 67.3 Å². The summed E-state index contributed by atoms with van der Waals surface area (Å²) in [7, 11) is 0. The number of nitrogens with zero attached hydrogens (tertiary/aromatic N) is 1. The molecule has 0 bridgehead atoms. The smallest absolute Gasteiger partial charge is 0.0601 e. The molecule has 2 aromatic carbocycles. The molecule has 0 spiro atoms. The van der Waals surface area contributed by atoms with Crippen molar-refractivity contribution in [2.45, 2.75) is 32.7 Å². The maximum atomic E-state index is 2.62. The van der Waals surface area contributed by atoms with Crippen LogP contribution in [0.4, 0.5) is 0 Å². The number of hydrogen-bond donors (Lipinski definition) is 0. The van der Waals surface area contributed by atoms with E-state index in [9.17, 15) is 0 Å². The fraction of sp³-hybridized carbons (Fsp3) is 0.368. The Labute approximate surface area is 122 Å². The van der Waals surface area contributed by atoms with Crippen LogP contribution >= 0.6 is 0 Å². The van der Waals surface area contributed by atoms with E-state index in [0.29, 0.717) is 6.04 Å². The molecule has 1 nitrogen and oxygen atoms in total. The van der Waals surface area contributed by atoms with Gasteiger partial charge in [-0.05, 0) is 50.9 Å². The molecule has 0 aromatic heterocycles. The van der Waals surface area contributed by atoms with E-state index >= 15 is 0 Å². The summed E-state index contributed by atoms with van der Waals surface area (Å²) in [6, 6.07) is 18.5. The van der Waals surface area contributed by atoms with E-state index < -0.39 is 0 Å². The minimum Gasteiger partial charge on any atom is -0.292 e. The predicted octanol–water partition coefficient (Wildman–Crippen LogP) is 4.49. The van der Waals surface area contributed by atoms with E-state index in [4.69, 9.17) is 0 Å². The van der Waals surface area contributed by atoms with Crippen LogP contribution in [0.15, 0.2) is 48.5 Å². The van der Waals surface area contributed by atoms with Crippen molar-refractivity contribution in [1.29, 1.82) is 0 Å². The van der Waals surface area contributed by atoms with Gasteiger partial charge in [-0.25, -0.2) is 0 Å². The van der Waals surface area contributed by atoms with Crippen LogP contribution in [0.1, 0.15) is 41.1 Å². The number of aryl methyl sites for hydroxylation is 2. The molecule has 104 valence electrons. The molecule has 0 atom stereocenters. The fourth-order valence-corrected chi connectivity index (χ4v) is 3.11. The van der Waals surface area contributed by atoms with Crippen molar-refractivity contribution < 1.29 is 0 Å². The Kier molecular flexibility index (Phi) is 3.88. The summed E-state index contributed by atoms with van der Waals surface area (Å²) in [5.74, 6) is 0. The van der Waals surface area contributed by atoms with Gasteiger partial charge in [-0.2, -0.15) is 0 Å². The molecule has 0 radical (unpaired) electrons. The van der Waals surface area contributed by atoms with Crippen LogP contribution < -0.4 is 0 Å². The van der Waals surface area contributed by atoms with Gasteiger partial charge in [0.15, 0.2) is 0 Å². The van der Waals surface area contributed by atoms with Crippen molar-refractivity contribution in [3.05, 3.63) is 70.8 Å². The third-order valence-electron chi connectivity index (χ3n) is 4.29. The van der Waals surface area contributed by atoms with Gasteiger partial charge < -0.3 is 0 Å². The fourth-order valence-electron chi connectivity index (χ4n) is 3.11. The first-order chi connectivity index (χ1) is 9.74. The van der Waals surface area contributed by atoms with Crippen LogP contribution in [-0.4, -0.2) is 18.0 Å². The zero-order valence-electron chi connectivity index (χ0n) is 12.5. The van der Waals surface area contributed by atoms with Gasteiger partial charge >= 0.3 is 0 Å². The molecule has 0 aliphatic carbocycles. The zero-order valence-corrected chi connectivity index (χ0v) is 12.5. The first kappa shape index (κ1) is 13.4. The summed E-state index contributed by atoms with van der Waals surface area (Å²) in [5, 5.41) is 0. The summed E-state index contributed by atoms with van der Waals surface area (Å²) in [6.45, 7) is 6.74. The van der Waals surface area contributed by atoms with Gasteiger partial charge in [0.05, 0.1) is 6.04 Å². The molecule has 1 aliphatic heterocycles. The predicted molar refractivity (Wildman–Crippen MR) is 85.0 cm³/mol. The quantitative estimate of drug-likeness (QED) is 0.790. The maximum Gasteiger partial charge on any atom is 0.0601 e. The summed E-state index contributed by atoms with van der Waals surface area (Å²) < 4.78 is 0. The Morgan fingerprint density at radius 3 is 1.50 bits per heavy atom. The third-order valence-corrected chi connectivity index (χ3v) is 4.29. The summed E-state index contributed by atoms with van der Waals surface area (Å²) in [4.78, 5) is 2.62. The number of rotatable bonds is 3. The Balaban J connectivity index is 1.98. The van der Waals surface area contributed by atoms with Crippen molar-refractivity contribution >= 4 is 0 Å². The van der Waals surface area contributed by atoms with Crippen LogP contribution in [0.5, 0.6) is 0 Å². The molecule has 1 aliphatic rings. The minimum absolute atomic E-state index is 0.415. The van der Waals surface area contributed by atoms with Crippen LogP contribution in [-0.2, 0) is 0 Å². The van der Waals surface area contributed by atoms with E-state index in [0.717, 1.165) is 0 Å². The summed E-state index contributed by atoms with van der Waals surface area (Å²) >= 11 is 0. The highest BCUT2D eigenvalue weighted by Crippen LogP contribution is 2.31. The Hall–Kier alpha value is -1.60. The van der Waals surface area contributed by atoms with Crippen molar-refractivity contribution in [3.63, 3.8) is 0 Å². The number of benzene rings is 2. The second kappa shape index (κ2) is 5.80. The number of likely N-dealkylation sites (tertiary alicyclic amines) is 1. The van der Waals surface area contributed by atoms with Crippen LogP contribution in [0, 0.1) is 13.8 Å². The van der Waals surface area contributed by atoms with Gasteiger partial charge in [-0.3, -0.25) is 4.90 Å². The topological polar surface area (TPSA) is 3.24 Å². The SMILES string of the molecule is Cc1ccc(C(c2ccc(C)cc2)N2CCCC2)cc1. The Bertz CT molecular complexity index is 502. The van der Waals surface area contributed by atoms with Crippen LogP contribution in [0.3, 0.4) is 0 Å². The van der Waals surface area contributed by atoms with Crippen molar-refractivity contribution in [2.24, 2.45) is 0 Å². The molecule has 1 saturated heterocycles. The monoisotopic (exact) mass is 265 g/mol. The average Bonchev–Trinajstić information content (AvgIpc) is 2.97. The van der Waals surface area contributed by atoms with Crippen LogP contribution in [0.25, 0.3) is 0 Å². The lowest BCUT2D eigenvalue weighted by Crippen LogP contribution is -2.26. The Morgan fingerprint density at radius 2 is 1.10 bits per heavy atom. The molecule has 3 rings (SSSR count). The van der Waals surface area contributed by atoms with Crippen molar-refractivity contribution in [3.8, 4) is 0 Å². The lowest BCUT2D eigenvalue weighted by molar-refractivity contribution is 0.281. The number of hydrogen-bond acceptors (Lipinski definition) is 1. The second-order valence-electron chi connectivity index (χ2n) is 5.97. The van der Waals surface area contributed by atoms with E-state index in [1.165, 1.54) is 48.2 Å². The Morgan fingerprint density at radius 1 is 0.700 bits per heavy atom. The molecule has 0 N–H and O–H groups in total. The average molecular weight is 265 g/mol. The van der Waals surface area contributed by atoms with Gasteiger partial charge in [0.25, 0.3) is 0 Å². The summed E-state index contributed by atoms with van der Waals surface area (Å²) in [6.07, 6.45) is 2.66. The largest absolute Gasteiger partial charge is 0.292 e. The molecular weight excluding hydrogens is 242 g/mol. The van der Waals surface area contributed by atoms with E-state index in [1.54, 1.807) is 0 Å². The van der Waals surface area contributed by atoms with Gasteiger partial charge in [0, 0.05) is 0 Å². The minimum atomic E-state index is 0.415. The highest BCUT2D eigenvalue weighted by molar-refractivity contribution is 5.35. The van der Waals surface area contributed by atoms with Crippen molar-refractivity contribution in [2.75, 3.05) is 13.1 Å². The lowest BCUT2D eigenvalue weighted by atomic mass is 9.96. The second-order valence-corrected chi connectivity index (χ2v) is 5.97. The highest BCUT2D eigenvalue weighted by atomic mass is 15.2. The molecule has 0 saturated carbocycles. The standard InChI is InChI=1S/C19H23N/c1-15-5-9-17(10-6-15)19(20-13-3-4-14-20)18-11-7-16(2)8-12-18/h5-12,19H,3-4,13-14H2,1-2H3. The summed E-state index contributed by atoms with van der Waals surface area (Å²) in [5.41, 5.74) is 5.50. The molecule has 0 unspecified atom stereocenters. The molecule has 0 amide bonds. The molecule has 20 heavy (non-hydrogen) atoms. The molecular formula is C19H23N.